The van der Waals surface area contributed by atoms with Crippen LogP contribution >= 0.6 is 11.3 Å². The highest BCUT2D eigenvalue weighted by atomic mass is 32.1. The third kappa shape index (κ3) is 3.30. The lowest BCUT2D eigenvalue weighted by Crippen LogP contribution is -2.46. The zero-order valence-corrected chi connectivity index (χ0v) is 13.1. The quantitative estimate of drug-likeness (QED) is 0.855. The van der Waals surface area contributed by atoms with Gasteiger partial charge in [0.05, 0.1) is 30.7 Å². The van der Waals surface area contributed by atoms with Gasteiger partial charge in [-0.2, -0.15) is 4.98 Å². The third-order valence-corrected chi connectivity index (χ3v) is 4.64. The SMILES string of the molecule is COc1cncc(N2CCN(Cc3scnc3C)CC2)n1. The fraction of sp³-hybridized carbons (Fsp3) is 0.500. The largest absolute Gasteiger partial charge is 0.480 e. The maximum atomic E-state index is 5.13. The Hall–Kier alpha value is -1.73. The first kappa shape index (κ1) is 14.2. The number of methoxy groups -OCH3 is 1. The molecular weight excluding hydrogens is 286 g/mol. The number of hydrogen-bond acceptors (Lipinski definition) is 7. The molecule has 2 aromatic rings. The van der Waals surface area contributed by atoms with E-state index < -0.39 is 0 Å². The van der Waals surface area contributed by atoms with Crippen molar-refractivity contribution in [3.8, 4) is 5.88 Å². The maximum absolute atomic E-state index is 5.13. The summed E-state index contributed by atoms with van der Waals surface area (Å²) in [5, 5.41) is 0. The van der Waals surface area contributed by atoms with Gasteiger partial charge in [0.2, 0.25) is 5.88 Å². The Labute approximate surface area is 128 Å². The Morgan fingerprint density at radius 1 is 1.24 bits per heavy atom. The second kappa shape index (κ2) is 6.36. The van der Waals surface area contributed by atoms with Gasteiger partial charge in [0.1, 0.15) is 0 Å². The second-order valence-electron chi connectivity index (χ2n) is 5.04. The number of aromatic nitrogens is 3. The molecule has 112 valence electrons. The van der Waals surface area contributed by atoms with Gasteiger partial charge >= 0.3 is 0 Å². The molecule has 3 rings (SSSR count). The fourth-order valence-corrected chi connectivity index (χ4v) is 3.22. The van der Waals surface area contributed by atoms with Crippen LogP contribution in [-0.4, -0.2) is 53.1 Å². The van der Waals surface area contributed by atoms with Gasteiger partial charge < -0.3 is 9.64 Å². The highest BCUT2D eigenvalue weighted by molar-refractivity contribution is 7.09. The molecule has 6 nitrogen and oxygen atoms in total. The Kier molecular flexibility index (Phi) is 4.31. The van der Waals surface area contributed by atoms with E-state index in [0.717, 1.165) is 44.2 Å². The minimum absolute atomic E-state index is 0.565. The van der Waals surface area contributed by atoms with Gasteiger partial charge in [-0.3, -0.25) is 9.88 Å². The van der Waals surface area contributed by atoms with Gasteiger partial charge in [-0.15, -0.1) is 11.3 Å². The van der Waals surface area contributed by atoms with E-state index in [2.05, 4.69) is 31.7 Å². The van der Waals surface area contributed by atoms with Crippen LogP contribution in [0.5, 0.6) is 5.88 Å². The molecule has 3 heterocycles. The number of piperazine rings is 1. The number of aryl methyl sites for hydroxylation is 1. The van der Waals surface area contributed by atoms with E-state index >= 15 is 0 Å². The summed E-state index contributed by atoms with van der Waals surface area (Å²) in [7, 11) is 1.61. The minimum Gasteiger partial charge on any atom is -0.480 e. The van der Waals surface area contributed by atoms with Crippen LogP contribution in [0.15, 0.2) is 17.9 Å². The predicted octanol–water partition coefficient (Wildman–Crippen LogP) is 1.57. The zero-order chi connectivity index (χ0) is 14.7. The average Bonchev–Trinajstić information content (AvgIpc) is 2.93. The summed E-state index contributed by atoms with van der Waals surface area (Å²) < 4.78 is 5.13. The summed E-state index contributed by atoms with van der Waals surface area (Å²) in [5.41, 5.74) is 3.08. The van der Waals surface area contributed by atoms with Crippen molar-refractivity contribution in [2.75, 3.05) is 38.2 Å². The van der Waals surface area contributed by atoms with Crippen LogP contribution in [-0.2, 0) is 6.54 Å². The van der Waals surface area contributed by atoms with Crippen molar-refractivity contribution in [2.24, 2.45) is 0 Å². The molecule has 0 saturated carbocycles. The molecule has 1 fully saturated rings. The summed E-state index contributed by atoms with van der Waals surface area (Å²) in [6.07, 6.45) is 3.43. The van der Waals surface area contributed by atoms with E-state index in [0.29, 0.717) is 5.88 Å². The lowest BCUT2D eigenvalue weighted by Gasteiger charge is -2.35. The lowest BCUT2D eigenvalue weighted by molar-refractivity contribution is 0.250. The maximum Gasteiger partial charge on any atom is 0.233 e. The molecule has 0 amide bonds. The topological polar surface area (TPSA) is 54.4 Å². The molecule has 2 aromatic heterocycles. The van der Waals surface area contributed by atoms with Crippen LogP contribution < -0.4 is 9.64 Å². The van der Waals surface area contributed by atoms with E-state index in [9.17, 15) is 0 Å². The van der Waals surface area contributed by atoms with Gasteiger partial charge in [-0.1, -0.05) is 0 Å². The summed E-state index contributed by atoms with van der Waals surface area (Å²) in [6, 6.07) is 0. The van der Waals surface area contributed by atoms with Crippen molar-refractivity contribution >= 4 is 17.2 Å². The Morgan fingerprint density at radius 2 is 2.05 bits per heavy atom. The van der Waals surface area contributed by atoms with E-state index in [1.165, 1.54) is 4.88 Å². The Balaban J connectivity index is 1.58. The molecular formula is C14H19N5OS. The highest BCUT2D eigenvalue weighted by Crippen LogP contribution is 2.19. The van der Waals surface area contributed by atoms with Crippen LogP contribution in [0.3, 0.4) is 0 Å². The summed E-state index contributed by atoms with van der Waals surface area (Å²) in [5.74, 6) is 1.46. The fourth-order valence-electron chi connectivity index (χ4n) is 2.41. The monoisotopic (exact) mass is 305 g/mol. The van der Waals surface area contributed by atoms with Crippen molar-refractivity contribution in [3.63, 3.8) is 0 Å². The minimum atomic E-state index is 0.565. The average molecular weight is 305 g/mol. The molecule has 21 heavy (non-hydrogen) atoms. The van der Waals surface area contributed by atoms with E-state index in [1.54, 1.807) is 30.8 Å². The van der Waals surface area contributed by atoms with Gasteiger partial charge in [0.15, 0.2) is 5.82 Å². The summed E-state index contributed by atoms with van der Waals surface area (Å²) in [4.78, 5) is 19.0. The second-order valence-corrected chi connectivity index (χ2v) is 5.98. The van der Waals surface area contributed by atoms with Crippen molar-refractivity contribution in [1.82, 2.24) is 19.9 Å². The highest BCUT2D eigenvalue weighted by Gasteiger charge is 2.19. The Bertz CT molecular complexity index is 595. The molecule has 0 atom stereocenters. The Morgan fingerprint density at radius 3 is 2.71 bits per heavy atom. The molecule has 0 bridgehead atoms. The van der Waals surface area contributed by atoms with E-state index in [-0.39, 0.29) is 0 Å². The van der Waals surface area contributed by atoms with Crippen molar-refractivity contribution < 1.29 is 4.74 Å². The predicted molar refractivity (Wildman–Crippen MR) is 82.9 cm³/mol. The zero-order valence-electron chi connectivity index (χ0n) is 12.3. The number of thiazole rings is 1. The number of anilines is 1. The first-order valence-electron chi connectivity index (χ1n) is 6.98. The lowest BCUT2D eigenvalue weighted by atomic mass is 10.3. The molecule has 7 heteroatoms. The van der Waals surface area contributed by atoms with E-state index in [1.807, 2.05) is 5.51 Å². The molecule has 1 aliphatic rings. The first-order chi connectivity index (χ1) is 10.3. The van der Waals surface area contributed by atoms with Crippen LogP contribution in [0.25, 0.3) is 0 Å². The first-order valence-corrected chi connectivity index (χ1v) is 7.86. The summed E-state index contributed by atoms with van der Waals surface area (Å²) in [6.45, 7) is 7.04. The van der Waals surface area contributed by atoms with Crippen LogP contribution in [0, 0.1) is 6.92 Å². The van der Waals surface area contributed by atoms with Crippen molar-refractivity contribution in [3.05, 3.63) is 28.5 Å². The van der Waals surface area contributed by atoms with Crippen LogP contribution in [0.4, 0.5) is 5.82 Å². The van der Waals surface area contributed by atoms with Gasteiger partial charge in [0.25, 0.3) is 0 Å². The molecule has 1 saturated heterocycles. The van der Waals surface area contributed by atoms with Gasteiger partial charge in [-0.25, -0.2) is 4.98 Å². The third-order valence-electron chi connectivity index (χ3n) is 3.72. The molecule has 0 aromatic carbocycles. The molecule has 1 aliphatic heterocycles. The molecule has 0 N–H and O–H groups in total. The van der Waals surface area contributed by atoms with E-state index in [4.69, 9.17) is 4.74 Å². The normalized spacial score (nSPS) is 16.2. The van der Waals surface area contributed by atoms with Crippen molar-refractivity contribution in [2.45, 2.75) is 13.5 Å². The number of ether oxygens (including phenoxy) is 1. The molecule has 0 unspecified atom stereocenters. The number of hydrogen-bond donors (Lipinski definition) is 0. The number of rotatable bonds is 4. The van der Waals surface area contributed by atoms with Crippen molar-refractivity contribution in [1.29, 1.82) is 0 Å². The smallest absolute Gasteiger partial charge is 0.233 e. The van der Waals surface area contributed by atoms with Gasteiger partial charge in [0, 0.05) is 37.6 Å². The molecule has 0 spiro atoms. The number of nitrogens with zero attached hydrogens (tertiary/aromatic N) is 5. The van der Waals surface area contributed by atoms with Gasteiger partial charge in [-0.05, 0) is 6.92 Å². The van der Waals surface area contributed by atoms with Crippen LogP contribution in [0.2, 0.25) is 0 Å². The standard InChI is InChI=1S/C14H19N5OS/c1-11-12(21-10-16-11)9-18-3-5-19(6-4-18)13-7-15-8-14(17-13)20-2/h7-8,10H,3-6,9H2,1-2H3. The van der Waals surface area contributed by atoms with Crippen LogP contribution in [0.1, 0.15) is 10.6 Å². The molecule has 0 radical (unpaired) electrons. The molecule has 0 aliphatic carbocycles. The summed E-state index contributed by atoms with van der Waals surface area (Å²) >= 11 is 1.74.